The van der Waals surface area contributed by atoms with Gasteiger partial charge in [-0.1, -0.05) is 0 Å². The molecule has 0 aliphatic rings. The minimum absolute atomic E-state index is 0. The molecule has 0 aromatic heterocycles. The maximum Gasteiger partial charge on any atom is 0.218 e. The summed E-state index contributed by atoms with van der Waals surface area (Å²) in [4.78, 5) is 8.00. The van der Waals surface area contributed by atoms with Crippen molar-refractivity contribution in [3.05, 3.63) is 27.8 Å². The van der Waals surface area contributed by atoms with Gasteiger partial charge in [0.05, 0.1) is 0 Å². The summed E-state index contributed by atoms with van der Waals surface area (Å²) in [5, 5.41) is 2.94. The van der Waals surface area contributed by atoms with E-state index in [0.717, 1.165) is 9.26 Å². The molecule has 5 nitrogen and oxygen atoms in total. The molecule has 1 aromatic carbocycles. The number of hydrogen-bond donors (Lipinski definition) is 3. The number of halogens is 2. The van der Waals surface area contributed by atoms with Crippen molar-refractivity contribution in [3.8, 4) is 0 Å². The molecule has 1 rings (SSSR count). The first-order valence-electron chi connectivity index (χ1n) is 5.17. The molecule has 0 atom stereocenters. The topological polar surface area (TPSA) is 88.8 Å². The van der Waals surface area contributed by atoms with E-state index in [-0.39, 0.29) is 30.4 Å². The first kappa shape index (κ1) is 17.0. The van der Waals surface area contributed by atoms with Crippen molar-refractivity contribution in [2.45, 2.75) is 19.9 Å². The van der Waals surface area contributed by atoms with Gasteiger partial charge in [0.15, 0.2) is 0 Å². The second kappa shape index (κ2) is 8.15. The van der Waals surface area contributed by atoms with Gasteiger partial charge >= 0.3 is 0 Å². The molecule has 0 fully saturated rings. The predicted molar refractivity (Wildman–Crippen MR) is 88.4 cm³/mol. The van der Waals surface area contributed by atoms with Gasteiger partial charge in [0, 0.05) is 15.3 Å². The van der Waals surface area contributed by atoms with Crippen molar-refractivity contribution < 1.29 is 0 Å². The molecule has 5 N–H and O–H groups in total. The van der Waals surface area contributed by atoms with Crippen molar-refractivity contribution in [2.24, 2.45) is 21.5 Å². The second-order valence-electron chi connectivity index (χ2n) is 3.71. The molecule has 0 spiro atoms. The van der Waals surface area contributed by atoms with Gasteiger partial charge < -0.3 is 16.8 Å². The summed E-state index contributed by atoms with van der Waals surface area (Å²) in [5.41, 5.74) is 12.2. The normalized spacial score (nSPS) is 12.2. The SMILES string of the molecule is CC(C)N=C(N)N=C(N)Nc1ccc(I)cc1.Cl. The van der Waals surface area contributed by atoms with E-state index in [4.69, 9.17) is 11.5 Å². The molecule has 0 saturated carbocycles. The van der Waals surface area contributed by atoms with Crippen LogP contribution in [0.2, 0.25) is 0 Å². The van der Waals surface area contributed by atoms with Crippen LogP contribution in [0.5, 0.6) is 0 Å². The van der Waals surface area contributed by atoms with E-state index in [1.165, 1.54) is 0 Å². The van der Waals surface area contributed by atoms with Crippen molar-refractivity contribution in [3.63, 3.8) is 0 Å². The summed E-state index contributed by atoms with van der Waals surface area (Å²) in [6, 6.07) is 7.88. The van der Waals surface area contributed by atoms with Crippen molar-refractivity contribution in [1.82, 2.24) is 0 Å². The van der Waals surface area contributed by atoms with E-state index >= 15 is 0 Å². The number of benzene rings is 1. The Balaban J connectivity index is 0.00000289. The van der Waals surface area contributed by atoms with Crippen LogP contribution >= 0.6 is 35.0 Å². The van der Waals surface area contributed by atoms with E-state index in [2.05, 4.69) is 37.9 Å². The van der Waals surface area contributed by atoms with Crippen LogP contribution in [0.15, 0.2) is 34.3 Å². The standard InChI is InChI=1S/C11H16IN5.ClH/c1-7(2)15-10(13)17-11(14)16-9-5-3-8(12)4-6-9;/h3-7H,1-2H3,(H5,13,14,15,16,17);1H. The Morgan fingerprint density at radius 2 is 1.78 bits per heavy atom. The van der Waals surface area contributed by atoms with Gasteiger partial charge in [0.2, 0.25) is 11.9 Å². The first-order valence-corrected chi connectivity index (χ1v) is 6.25. The number of guanidine groups is 2. The summed E-state index contributed by atoms with van der Waals surface area (Å²) < 4.78 is 1.16. The zero-order valence-electron chi connectivity index (χ0n) is 10.2. The largest absolute Gasteiger partial charge is 0.369 e. The minimum atomic E-state index is 0. The number of nitrogens with zero attached hydrogens (tertiary/aromatic N) is 2. The van der Waals surface area contributed by atoms with Gasteiger partial charge in [-0.25, -0.2) is 4.99 Å². The first-order chi connectivity index (χ1) is 7.97. The van der Waals surface area contributed by atoms with Gasteiger partial charge in [-0.2, -0.15) is 4.99 Å². The zero-order valence-corrected chi connectivity index (χ0v) is 13.2. The van der Waals surface area contributed by atoms with Crippen LogP contribution in [0, 0.1) is 3.57 Å². The molecule has 0 saturated heterocycles. The van der Waals surface area contributed by atoms with Crippen molar-refractivity contribution in [1.29, 1.82) is 0 Å². The molecule has 0 amide bonds. The van der Waals surface area contributed by atoms with E-state index < -0.39 is 0 Å². The zero-order chi connectivity index (χ0) is 12.8. The van der Waals surface area contributed by atoms with E-state index in [1.807, 2.05) is 38.1 Å². The fourth-order valence-electron chi connectivity index (χ4n) is 1.13. The molecule has 0 aliphatic carbocycles. The lowest BCUT2D eigenvalue weighted by Crippen LogP contribution is -2.26. The maximum atomic E-state index is 5.70. The fourth-order valence-corrected chi connectivity index (χ4v) is 1.49. The Kier molecular flexibility index (Phi) is 7.69. The van der Waals surface area contributed by atoms with Crippen molar-refractivity contribution >= 4 is 52.6 Å². The highest BCUT2D eigenvalue weighted by atomic mass is 127. The average molecular weight is 382 g/mol. The lowest BCUT2D eigenvalue weighted by atomic mass is 10.3. The van der Waals surface area contributed by atoms with Gasteiger partial charge in [-0.3, -0.25) is 0 Å². The lowest BCUT2D eigenvalue weighted by molar-refractivity contribution is 0.831. The number of hydrogen-bond acceptors (Lipinski definition) is 1. The number of nitrogens with one attached hydrogen (secondary N) is 1. The third-order valence-electron chi connectivity index (χ3n) is 1.74. The van der Waals surface area contributed by atoms with Crippen LogP contribution in [0.1, 0.15) is 13.8 Å². The molecule has 0 unspecified atom stereocenters. The van der Waals surface area contributed by atoms with E-state index in [9.17, 15) is 0 Å². The number of aliphatic imine (C=N–C) groups is 2. The van der Waals surface area contributed by atoms with E-state index in [1.54, 1.807) is 0 Å². The van der Waals surface area contributed by atoms with Crippen LogP contribution in [0.25, 0.3) is 0 Å². The summed E-state index contributed by atoms with van der Waals surface area (Å²) in [6.07, 6.45) is 0. The van der Waals surface area contributed by atoms with Crippen LogP contribution in [-0.2, 0) is 0 Å². The highest BCUT2D eigenvalue weighted by molar-refractivity contribution is 14.1. The lowest BCUT2D eigenvalue weighted by Gasteiger charge is -2.05. The van der Waals surface area contributed by atoms with E-state index in [0.29, 0.717) is 0 Å². The quantitative estimate of drug-likeness (QED) is 0.417. The average Bonchev–Trinajstić information content (AvgIpc) is 2.19. The molecule has 7 heteroatoms. The van der Waals surface area contributed by atoms with Crippen LogP contribution < -0.4 is 16.8 Å². The van der Waals surface area contributed by atoms with Gasteiger partial charge in [-0.05, 0) is 60.7 Å². The molecular weight excluding hydrogens is 365 g/mol. The summed E-state index contributed by atoms with van der Waals surface area (Å²) >= 11 is 2.23. The summed E-state index contributed by atoms with van der Waals surface area (Å²) in [7, 11) is 0. The Morgan fingerprint density at radius 3 is 2.28 bits per heavy atom. The highest BCUT2D eigenvalue weighted by Gasteiger charge is 1.97. The molecular formula is C11H17ClIN5. The molecule has 100 valence electrons. The van der Waals surface area contributed by atoms with Gasteiger partial charge in [0.25, 0.3) is 0 Å². The second-order valence-corrected chi connectivity index (χ2v) is 4.96. The molecule has 1 aromatic rings. The number of anilines is 1. The van der Waals surface area contributed by atoms with Crippen LogP contribution in [0.3, 0.4) is 0 Å². The molecule has 0 heterocycles. The van der Waals surface area contributed by atoms with Crippen molar-refractivity contribution in [2.75, 3.05) is 5.32 Å². The number of nitrogens with two attached hydrogens (primary N) is 2. The highest BCUT2D eigenvalue weighted by Crippen LogP contribution is 2.10. The summed E-state index contributed by atoms with van der Waals surface area (Å²) in [6.45, 7) is 3.84. The Bertz CT molecular complexity index is 428. The smallest absolute Gasteiger partial charge is 0.218 e. The third-order valence-corrected chi connectivity index (χ3v) is 2.46. The maximum absolute atomic E-state index is 5.70. The molecule has 0 aliphatic heterocycles. The molecule has 18 heavy (non-hydrogen) atoms. The Morgan fingerprint density at radius 1 is 1.22 bits per heavy atom. The number of rotatable bonds is 2. The minimum Gasteiger partial charge on any atom is -0.369 e. The summed E-state index contributed by atoms with van der Waals surface area (Å²) in [5.74, 6) is 0.406. The van der Waals surface area contributed by atoms with Crippen LogP contribution in [-0.4, -0.2) is 18.0 Å². The fraction of sp³-hybridized carbons (Fsp3) is 0.273. The molecule has 0 radical (unpaired) electrons. The van der Waals surface area contributed by atoms with Gasteiger partial charge in [0.1, 0.15) is 0 Å². The monoisotopic (exact) mass is 381 g/mol. The molecule has 0 bridgehead atoms. The Hall–Kier alpha value is -1.02. The van der Waals surface area contributed by atoms with Gasteiger partial charge in [-0.15, -0.1) is 12.4 Å². The third kappa shape index (κ3) is 6.65. The Labute approximate surface area is 127 Å². The predicted octanol–water partition coefficient (Wildman–Crippen LogP) is 2.16. The van der Waals surface area contributed by atoms with Crippen LogP contribution in [0.4, 0.5) is 5.69 Å².